The Morgan fingerprint density at radius 1 is 1.12 bits per heavy atom. The number of rotatable bonds is 7. The van der Waals surface area contributed by atoms with Crippen LogP contribution >= 0.6 is 24.0 Å². The van der Waals surface area contributed by atoms with Crippen molar-refractivity contribution in [2.45, 2.75) is 71.9 Å². The third-order valence-electron chi connectivity index (χ3n) is 5.52. The molecule has 0 aromatic carbocycles. The standard InChI is InChI=1S/C23H43N5O3.HI/c1-17(2)14-24-21(25-15-20(29)26(6)7)27-12-10-19(11-13-27)28(16-18-8-9-18)22(30)31-23(3,4)5;/h17-19H,8-16H2,1-7H3,(H,24,25);1H. The highest BCUT2D eigenvalue weighted by atomic mass is 127. The molecule has 1 heterocycles. The van der Waals surface area contributed by atoms with E-state index < -0.39 is 5.60 Å². The summed E-state index contributed by atoms with van der Waals surface area (Å²) < 4.78 is 5.70. The van der Waals surface area contributed by atoms with E-state index in [2.05, 4.69) is 29.1 Å². The van der Waals surface area contributed by atoms with Gasteiger partial charge in [-0.3, -0.25) is 4.79 Å². The van der Waals surface area contributed by atoms with Gasteiger partial charge in [0.15, 0.2) is 5.96 Å². The minimum atomic E-state index is -0.487. The fourth-order valence-electron chi connectivity index (χ4n) is 3.51. The van der Waals surface area contributed by atoms with Gasteiger partial charge in [-0.2, -0.15) is 0 Å². The van der Waals surface area contributed by atoms with Crippen molar-refractivity contribution in [2.75, 3.05) is 46.8 Å². The minimum Gasteiger partial charge on any atom is -0.444 e. The predicted octanol–water partition coefficient (Wildman–Crippen LogP) is 3.41. The van der Waals surface area contributed by atoms with Crippen molar-refractivity contribution in [1.29, 1.82) is 0 Å². The van der Waals surface area contributed by atoms with E-state index in [9.17, 15) is 9.59 Å². The number of halogens is 1. The van der Waals surface area contributed by atoms with Crippen molar-refractivity contribution in [3.63, 3.8) is 0 Å². The lowest BCUT2D eigenvalue weighted by molar-refractivity contribution is -0.127. The van der Waals surface area contributed by atoms with Gasteiger partial charge in [-0.25, -0.2) is 9.79 Å². The molecule has 0 radical (unpaired) electrons. The average Bonchev–Trinajstić information content (AvgIpc) is 3.48. The van der Waals surface area contributed by atoms with Crippen LogP contribution in [-0.4, -0.2) is 91.1 Å². The van der Waals surface area contributed by atoms with Gasteiger partial charge in [0, 0.05) is 46.3 Å². The van der Waals surface area contributed by atoms with Crippen molar-refractivity contribution < 1.29 is 14.3 Å². The van der Waals surface area contributed by atoms with Gasteiger partial charge in [0.05, 0.1) is 0 Å². The first-order chi connectivity index (χ1) is 14.5. The van der Waals surface area contributed by atoms with E-state index in [1.807, 2.05) is 25.7 Å². The van der Waals surface area contributed by atoms with Gasteiger partial charge in [-0.05, 0) is 58.3 Å². The lowest BCUT2D eigenvalue weighted by Gasteiger charge is -2.40. The number of carbonyl (C=O) groups excluding carboxylic acids is 2. The molecule has 2 aliphatic rings. The molecule has 0 aromatic rings. The van der Waals surface area contributed by atoms with Crippen molar-refractivity contribution in [2.24, 2.45) is 16.8 Å². The number of nitrogens with one attached hydrogen (secondary N) is 1. The van der Waals surface area contributed by atoms with Crippen LogP contribution in [0.2, 0.25) is 0 Å². The molecule has 2 fully saturated rings. The van der Waals surface area contributed by atoms with Gasteiger partial charge >= 0.3 is 6.09 Å². The summed E-state index contributed by atoms with van der Waals surface area (Å²) in [7, 11) is 3.49. The first kappa shape index (κ1) is 28.8. The zero-order valence-electron chi connectivity index (χ0n) is 21.0. The molecule has 0 unspecified atom stereocenters. The summed E-state index contributed by atoms with van der Waals surface area (Å²) in [6.45, 7) is 13.4. The molecule has 8 nitrogen and oxygen atoms in total. The molecule has 1 saturated heterocycles. The second kappa shape index (κ2) is 12.8. The molecule has 0 atom stereocenters. The zero-order chi connectivity index (χ0) is 23.2. The van der Waals surface area contributed by atoms with Gasteiger partial charge in [-0.1, -0.05) is 13.8 Å². The van der Waals surface area contributed by atoms with Crippen LogP contribution in [-0.2, 0) is 9.53 Å². The monoisotopic (exact) mass is 565 g/mol. The maximum Gasteiger partial charge on any atom is 0.410 e. The highest BCUT2D eigenvalue weighted by molar-refractivity contribution is 14.0. The number of hydrogen-bond donors (Lipinski definition) is 1. The Hall–Kier alpha value is -1.26. The number of likely N-dealkylation sites (N-methyl/N-ethyl adjacent to an activating group) is 1. The van der Waals surface area contributed by atoms with Gasteiger partial charge < -0.3 is 24.8 Å². The molecule has 1 aliphatic heterocycles. The highest BCUT2D eigenvalue weighted by Crippen LogP contribution is 2.32. The molecular weight excluding hydrogens is 521 g/mol. The van der Waals surface area contributed by atoms with Crippen molar-refractivity contribution in [3.05, 3.63) is 0 Å². The Bertz CT molecular complexity index is 636. The summed E-state index contributed by atoms with van der Waals surface area (Å²) in [6.07, 6.45) is 3.95. The van der Waals surface area contributed by atoms with E-state index >= 15 is 0 Å². The molecule has 1 aliphatic carbocycles. The highest BCUT2D eigenvalue weighted by Gasteiger charge is 2.35. The average molecular weight is 566 g/mol. The van der Waals surface area contributed by atoms with Crippen LogP contribution in [0.1, 0.15) is 60.3 Å². The van der Waals surface area contributed by atoms with Gasteiger partial charge in [-0.15, -0.1) is 24.0 Å². The zero-order valence-corrected chi connectivity index (χ0v) is 23.3. The fraction of sp³-hybridized carbons (Fsp3) is 0.870. The van der Waals surface area contributed by atoms with Crippen LogP contribution in [0, 0.1) is 11.8 Å². The van der Waals surface area contributed by atoms with Crippen molar-refractivity contribution >= 4 is 41.9 Å². The van der Waals surface area contributed by atoms with Gasteiger partial charge in [0.2, 0.25) is 5.91 Å². The molecule has 32 heavy (non-hydrogen) atoms. The van der Waals surface area contributed by atoms with E-state index in [0.717, 1.165) is 45.0 Å². The van der Waals surface area contributed by atoms with Crippen molar-refractivity contribution in [3.8, 4) is 0 Å². The number of nitrogens with zero attached hydrogens (tertiary/aromatic N) is 4. The molecule has 0 spiro atoms. The van der Waals surface area contributed by atoms with Crippen molar-refractivity contribution in [1.82, 2.24) is 20.0 Å². The Kier molecular flexibility index (Phi) is 11.5. The van der Waals surface area contributed by atoms with Crippen LogP contribution in [0.3, 0.4) is 0 Å². The fourth-order valence-corrected chi connectivity index (χ4v) is 3.51. The van der Waals surface area contributed by atoms with Gasteiger partial charge in [0.1, 0.15) is 12.1 Å². The summed E-state index contributed by atoms with van der Waals surface area (Å²) >= 11 is 0. The Balaban J connectivity index is 0.00000512. The molecule has 2 rings (SSSR count). The quantitative estimate of drug-likeness (QED) is 0.291. The summed E-state index contributed by atoms with van der Waals surface area (Å²) in [6, 6.07) is 0.182. The largest absolute Gasteiger partial charge is 0.444 e. The van der Waals surface area contributed by atoms with Crippen LogP contribution < -0.4 is 5.32 Å². The number of likely N-dealkylation sites (tertiary alicyclic amines) is 1. The van der Waals surface area contributed by atoms with Crippen LogP contribution in [0.15, 0.2) is 4.99 Å². The summed E-state index contributed by atoms with van der Waals surface area (Å²) in [5.41, 5.74) is -0.487. The third-order valence-corrected chi connectivity index (χ3v) is 5.52. The van der Waals surface area contributed by atoms with E-state index in [1.54, 1.807) is 19.0 Å². The first-order valence-electron chi connectivity index (χ1n) is 11.7. The number of guanidine groups is 1. The molecule has 1 saturated carbocycles. The molecule has 9 heteroatoms. The minimum absolute atomic E-state index is 0. The maximum atomic E-state index is 12.9. The normalized spacial score (nSPS) is 17.6. The second-order valence-electron chi connectivity index (χ2n) is 10.5. The lowest BCUT2D eigenvalue weighted by Crippen LogP contribution is -2.53. The summed E-state index contributed by atoms with van der Waals surface area (Å²) in [5, 5.41) is 3.42. The first-order valence-corrected chi connectivity index (χ1v) is 11.7. The van der Waals surface area contributed by atoms with E-state index in [0.29, 0.717) is 11.8 Å². The molecule has 0 aromatic heterocycles. The smallest absolute Gasteiger partial charge is 0.410 e. The van der Waals surface area contributed by atoms with E-state index in [-0.39, 0.29) is 48.6 Å². The molecule has 1 N–H and O–H groups in total. The van der Waals surface area contributed by atoms with Crippen LogP contribution in [0.5, 0.6) is 0 Å². The Labute approximate surface area is 211 Å². The number of ether oxygens (including phenoxy) is 1. The second-order valence-corrected chi connectivity index (χ2v) is 10.5. The number of carbonyl (C=O) groups is 2. The van der Waals surface area contributed by atoms with Crippen LogP contribution in [0.25, 0.3) is 0 Å². The number of hydrogen-bond acceptors (Lipinski definition) is 4. The van der Waals surface area contributed by atoms with Gasteiger partial charge in [0.25, 0.3) is 0 Å². The molecule has 2 amide bonds. The number of piperidine rings is 1. The third kappa shape index (κ3) is 10.1. The van der Waals surface area contributed by atoms with Crippen LogP contribution in [0.4, 0.5) is 4.79 Å². The predicted molar refractivity (Wildman–Crippen MR) is 140 cm³/mol. The molecule has 186 valence electrons. The topological polar surface area (TPSA) is 77.5 Å². The maximum absolute atomic E-state index is 12.9. The number of amides is 2. The Morgan fingerprint density at radius 2 is 1.72 bits per heavy atom. The molecular formula is C23H44IN5O3. The SMILES string of the molecule is CC(C)CNC(=NCC(=O)N(C)C)N1CCC(N(CC2CC2)C(=O)OC(C)(C)C)CC1.I. The lowest BCUT2D eigenvalue weighted by atomic mass is 10.0. The van der Waals surface area contributed by atoms with E-state index in [1.165, 1.54) is 12.8 Å². The Morgan fingerprint density at radius 3 is 2.19 bits per heavy atom. The summed E-state index contributed by atoms with van der Waals surface area (Å²) in [5.74, 6) is 1.87. The summed E-state index contributed by atoms with van der Waals surface area (Å²) in [4.78, 5) is 35.2. The van der Waals surface area contributed by atoms with E-state index in [4.69, 9.17) is 4.74 Å². The molecule has 0 bridgehead atoms. The number of aliphatic imine (C=N–C) groups is 1.